The van der Waals surface area contributed by atoms with Crippen molar-refractivity contribution in [3.05, 3.63) is 73.4 Å². The van der Waals surface area contributed by atoms with Crippen LogP contribution in [0.15, 0.2) is 50.9 Å². The van der Waals surface area contributed by atoms with E-state index in [1.165, 1.54) is 4.57 Å². The van der Waals surface area contributed by atoms with Crippen LogP contribution in [0.25, 0.3) is 32.7 Å². The Labute approximate surface area is 205 Å². The molecule has 0 aliphatic carbocycles. The first-order valence-electron chi connectivity index (χ1n) is 12.0. The number of hydrogen-bond acceptors (Lipinski definition) is 6. The monoisotopic (exact) mass is 485 g/mol. The van der Waals surface area contributed by atoms with Crippen molar-refractivity contribution in [3.8, 4) is 0 Å². The Morgan fingerprint density at radius 3 is 2.19 bits per heavy atom. The lowest BCUT2D eigenvalue weighted by atomic mass is 10.0. The van der Waals surface area contributed by atoms with Gasteiger partial charge in [0.05, 0.1) is 28.1 Å². The van der Waals surface area contributed by atoms with Gasteiger partial charge in [0.2, 0.25) is 0 Å². The molecule has 0 N–H and O–H groups in total. The summed E-state index contributed by atoms with van der Waals surface area (Å²) in [5, 5.41) is 11.1. The van der Waals surface area contributed by atoms with E-state index >= 15 is 0 Å². The van der Waals surface area contributed by atoms with E-state index in [1.54, 1.807) is 41.0 Å². The van der Waals surface area contributed by atoms with Crippen molar-refractivity contribution in [1.82, 2.24) is 28.5 Å². The molecule has 5 aromatic rings. The van der Waals surface area contributed by atoms with Crippen molar-refractivity contribution in [1.29, 1.82) is 0 Å². The van der Waals surface area contributed by atoms with Crippen molar-refractivity contribution in [2.24, 2.45) is 21.1 Å². The molecule has 3 aromatic heterocycles. The molecule has 1 fully saturated rings. The number of benzene rings is 2. The van der Waals surface area contributed by atoms with Crippen LogP contribution < -0.4 is 21.8 Å². The van der Waals surface area contributed by atoms with Crippen LogP contribution in [0.3, 0.4) is 0 Å². The van der Waals surface area contributed by atoms with E-state index in [2.05, 4.69) is 15.1 Å². The summed E-state index contributed by atoms with van der Waals surface area (Å²) < 4.78 is 6.25. The fourth-order valence-corrected chi connectivity index (χ4v) is 5.55. The highest BCUT2D eigenvalue weighted by atomic mass is 16.2. The summed E-state index contributed by atoms with van der Waals surface area (Å²) in [7, 11) is 5.24. The lowest BCUT2D eigenvalue weighted by Crippen LogP contribution is -2.45. The molecule has 0 spiro atoms. The highest BCUT2D eigenvalue weighted by Gasteiger charge is 2.26. The van der Waals surface area contributed by atoms with Crippen molar-refractivity contribution < 1.29 is 0 Å². The first-order chi connectivity index (χ1) is 17.3. The first-order valence-corrected chi connectivity index (χ1v) is 12.0. The average molecular weight is 486 g/mol. The Morgan fingerprint density at radius 2 is 1.47 bits per heavy atom. The number of hydrogen-bond donors (Lipinski definition) is 0. The number of anilines is 1. The van der Waals surface area contributed by atoms with Gasteiger partial charge in [-0.2, -0.15) is 5.10 Å². The maximum absolute atomic E-state index is 13.3. The summed E-state index contributed by atoms with van der Waals surface area (Å²) >= 11 is 0. The summed E-state index contributed by atoms with van der Waals surface area (Å²) in [4.78, 5) is 41.1. The van der Waals surface area contributed by atoms with Crippen molar-refractivity contribution >= 4 is 38.5 Å². The number of nitrogens with zero attached hydrogens (tertiary/aromatic N) is 7. The van der Waals surface area contributed by atoms with Gasteiger partial charge in [-0.1, -0.05) is 11.6 Å². The number of imidazole rings is 1. The van der Waals surface area contributed by atoms with Crippen LogP contribution in [0, 0.1) is 6.92 Å². The largest absolute Gasteiger partial charge is 0.354 e. The molecule has 184 valence electrons. The molecule has 0 amide bonds. The second-order valence-electron chi connectivity index (χ2n) is 9.75. The molecule has 1 saturated heterocycles. The van der Waals surface area contributed by atoms with E-state index in [9.17, 15) is 14.4 Å². The smallest absolute Gasteiger partial charge is 0.331 e. The van der Waals surface area contributed by atoms with Gasteiger partial charge < -0.3 is 4.90 Å². The molecule has 6 rings (SSSR count). The van der Waals surface area contributed by atoms with Gasteiger partial charge in [-0.3, -0.25) is 23.1 Å². The molecule has 0 bridgehead atoms. The van der Waals surface area contributed by atoms with Crippen molar-refractivity contribution in [3.63, 3.8) is 0 Å². The zero-order valence-electron chi connectivity index (χ0n) is 20.7. The number of fused-ring (bicyclic) bond motifs is 3. The van der Waals surface area contributed by atoms with E-state index in [4.69, 9.17) is 0 Å². The number of rotatable bonds is 2. The Balaban J connectivity index is 1.37. The third-order valence-electron chi connectivity index (χ3n) is 7.62. The third kappa shape index (κ3) is 3.13. The van der Waals surface area contributed by atoms with Gasteiger partial charge in [0.25, 0.3) is 5.56 Å². The van der Waals surface area contributed by atoms with Crippen LogP contribution in [0.5, 0.6) is 0 Å². The van der Waals surface area contributed by atoms with Crippen LogP contribution in [0.4, 0.5) is 5.82 Å². The molecule has 0 radical (unpaired) electrons. The van der Waals surface area contributed by atoms with Gasteiger partial charge in [0, 0.05) is 51.0 Å². The maximum Gasteiger partial charge on any atom is 0.331 e. The first kappa shape index (κ1) is 22.3. The van der Waals surface area contributed by atoms with E-state index in [1.807, 2.05) is 37.3 Å². The molecular formula is C26H27N7O3. The Bertz CT molecular complexity index is 1870. The molecular weight excluding hydrogens is 458 g/mol. The van der Waals surface area contributed by atoms with Crippen molar-refractivity contribution in [2.75, 3.05) is 18.0 Å². The minimum absolute atomic E-state index is 0.0822. The molecule has 0 atom stereocenters. The van der Waals surface area contributed by atoms with Gasteiger partial charge >= 0.3 is 11.4 Å². The lowest BCUT2D eigenvalue weighted by Gasteiger charge is -2.33. The minimum atomic E-state index is -0.285. The zero-order valence-corrected chi connectivity index (χ0v) is 20.7. The highest BCUT2D eigenvalue weighted by molar-refractivity contribution is 6.00. The van der Waals surface area contributed by atoms with Crippen LogP contribution in [-0.2, 0) is 21.1 Å². The summed E-state index contributed by atoms with van der Waals surface area (Å²) in [5.74, 6) is 0.749. The predicted octanol–water partition coefficient (Wildman–Crippen LogP) is 1.98. The van der Waals surface area contributed by atoms with Crippen LogP contribution in [-0.4, -0.2) is 41.6 Å². The molecule has 1 aliphatic rings. The fourth-order valence-electron chi connectivity index (χ4n) is 5.55. The quantitative estimate of drug-likeness (QED) is 0.379. The molecule has 1 aliphatic heterocycles. The Kier molecular flexibility index (Phi) is 4.89. The van der Waals surface area contributed by atoms with Crippen LogP contribution in [0.1, 0.15) is 24.4 Å². The average Bonchev–Trinajstić information content (AvgIpc) is 3.09. The van der Waals surface area contributed by atoms with E-state index in [0.29, 0.717) is 36.8 Å². The minimum Gasteiger partial charge on any atom is -0.354 e. The van der Waals surface area contributed by atoms with Gasteiger partial charge in [0.1, 0.15) is 0 Å². The summed E-state index contributed by atoms with van der Waals surface area (Å²) in [6, 6.07) is 9.37. The summed E-state index contributed by atoms with van der Waals surface area (Å²) in [6.45, 7) is 3.20. The van der Waals surface area contributed by atoms with Gasteiger partial charge in [-0.25, -0.2) is 9.59 Å². The molecule has 10 heteroatoms. The normalized spacial score (nSPS) is 14.9. The summed E-state index contributed by atoms with van der Waals surface area (Å²) in [5.41, 5.74) is 2.71. The van der Waals surface area contributed by atoms with Crippen LogP contribution >= 0.6 is 0 Å². The zero-order chi connectivity index (χ0) is 25.3. The third-order valence-corrected chi connectivity index (χ3v) is 7.62. The van der Waals surface area contributed by atoms with Gasteiger partial charge in [-0.05, 0) is 44.0 Å². The second kappa shape index (κ2) is 7.91. The SMILES string of the molecule is Cc1ccc2c(c1)c(=O)n(C1CCN(c3nncc4cc5c(cc34)n(C)c(=O)n5C)CC1)c(=O)n2C. The van der Waals surface area contributed by atoms with E-state index in [-0.39, 0.29) is 23.0 Å². The molecule has 36 heavy (non-hydrogen) atoms. The molecule has 2 aromatic carbocycles. The van der Waals surface area contributed by atoms with Gasteiger partial charge in [0.15, 0.2) is 5.82 Å². The number of aryl methyl sites for hydroxylation is 4. The molecule has 4 heterocycles. The predicted molar refractivity (Wildman–Crippen MR) is 140 cm³/mol. The van der Waals surface area contributed by atoms with E-state index < -0.39 is 0 Å². The van der Waals surface area contributed by atoms with Crippen LogP contribution in [0.2, 0.25) is 0 Å². The second-order valence-corrected chi connectivity index (χ2v) is 9.75. The number of piperidine rings is 1. The molecule has 0 saturated carbocycles. The van der Waals surface area contributed by atoms with Gasteiger partial charge in [-0.15, -0.1) is 5.10 Å². The number of aromatic nitrogens is 6. The maximum atomic E-state index is 13.3. The highest BCUT2D eigenvalue weighted by Crippen LogP contribution is 2.31. The van der Waals surface area contributed by atoms with Crippen molar-refractivity contribution in [2.45, 2.75) is 25.8 Å². The lowest BCUT2D eigenvalue weighted by molar-refractivity contribution is 0.370. The standard InChI is InChI=1S/C26H27N7O3/c1-15-5-6-20-19(11-15)24(34)33(26(36)29(20)2)17-7-9-32(10-8-17)23-18-13-22-21(12-16(18)14-27-28-23)30(3)25(35)31(22)4/h5-6,11-14,17H,7-10H2,1-4H3. The summed E-state index contributed by atoms with van der Waals surface area (Å²) in [6.07, 6.45) is 2.98. The molecule has 0 unspecified atom stereocenters. The Hall–Kier alpha value is -4.21. The topological polar surface area (TPSA) is 100.0 Å². The molecule has 10 nitrogen and oxygen atoms in total. The fraction of sp³-hybridized carbons (Fsp3) is 0.346. The Morgan fingerprint density at radius 1 is 0.806 bits per heavy atom. The van der Waals surface area contributed by atoms with E-state index in [0.717, 1.165) is 33.2 Å².